The van der Waals surface area contributed by atoms with Gasteiger partial charge in [0.25, 0.3) is 0 Å². The molecule has 0 aliphatic rings. The van der Waals surface area contributed by atoms with Crippen LogP contribution in [-0.2, 0) is 11.3 Å². The van der Waals surface area contributed by atoms with Crippen molar-refractivity contribution in [1.29, 1.82) is 5.41 Å². The molecule has 0 bridgehead atoms. The monoisotopic (exact) mass is 470 g/mol. The van der Waals surface area contributed by atoms with Gasteiger partial charge < -0.3 is 26.9 Å². The molecule has 1 aromatic carbocycles. The third-order valence-electron chi connectivity index (χ3n) is 5.10. The number of benzene rings is 1. The van der Waals surface area contributed by atoms with E-state index in [4.69, 9.17) is 33.2 Å². The van der Waals surface area contributed by atoms with Crippen molar-refractivity contribution in [2.75, 3.05) is 17.7 Å². The van der Waals surface area contributed by atoms with Crippen molar-refractivity contribution >= 4 is 34.9 Å². The standard InChI is InChI=1S/C22H27ClN8O2/c1-5-33-20-15(13(4)30-22-19(12(3)24)21(26)27-10-28-22)6-16(23)11(2)18(20)14-7-29-31(8-14)9-17(25)32/h6-8,10,13,24H,5,9H2,1-4H3,(H2,25,32)(H3,26,27,28,30). The van der Waals surface area contributed by atoms with Gasteiger partial charge in [0, 0.05) is 33.6 Å². The summed E-state index contributed by atoms with van der Waals surface area (Å²) in [4.78, 5) is 19.6. The fraction of sp³-hybridized carbons (Fsp3) is 0.318. The molecular formula is C22H27ClN8O2. The van der Waals surface area contributed by atoms with Crippen molar-refractivity contribution < 1.29 is 9.53 Å². The first-order valence-electron chi connectivity index (χ1n) is 10.3. The van der Waals surface area contributed by atoms with Gasteiger partial charge in [-0.15, -0.1) is 0 Å². The van der Waals surface area contributed by atoms with Crippen molar-refractivity contribution in [3.8, 4) is 16.9 Å². The molecule has 2 heterocycles. The van der Waals surface area contributed by atoms with E-state index in [1.807, 2.05) is 26.8 Å². The summed E-state index contributed by atoms with van der Waals surface area (Å²) in [6, 6.07) is 1.54. The Balaban J connectivity index is 2.11. The molecule has 6 N–H and O–H groups in total. The quantitative estimate of drug-likeness (QED) is 0.349. The van der Waals surface area contributed by atoms with Crippen LogP contribution in [0.1, 0.15) is 43.5 Å². The molecule has 11 heteroatoms. The second-order valence-electron chi connectivity index (χ2n) is 7.58. The van der Waals surface area contributed by atoms with Crippen LogP contribution in [0.2, 0.25) is 5.02 Å². The Morgan fingerprint density at radius 1 is 1.39 bits per heavy atom. The van der Waals surface area contributed by atoms with Crippen molar-refractivity contribution in [2.24, 2.45) is 5.73 Å². The molecule has 174 valence electrons. The van der Waals surface area contributed by atoms with Crippen LogP contribution in [0, 0.1) is 12.3 Å². The lowest BCUT2D eigenvalue weighted by molar-refractivity contribution is -0.118. The molecule has 0 saturated heterocycles. The minimum Gasteiger partial charge on any atom is -0.493 e. The maximum atomic E-state index is 11.3. The number of nitrogens with two attached hydrogens (primary N) is 2. The number of hydrogen-bond acceptors (Lipinski definition) is 8. The van der Waals surface area contributed by atoms with Gasteiger partial charge in [0.2, 0.25) is 5.91 Å². The van der Waals surface area contributed by atoms with Crippen molar-refractivity contribution in [3.05, 3.63) is 46.5 Å². The van der Waals surface area contributed by atoms with E-state index in [1.165, 1.54) is 11.0 Å². The van der Waals surface area contributed by atoms with Gasteiger partial charge in [-0.05, 0) is 39.3 Å². The highest BCUT2D eigenvalue weighted by molar-refractivity contribution is 6.32. The van der Waals surface area contributed by atoms with Gasteiger partial charge in [-0.25, -0.2) is 9.97 Å². The van der Waals surface area contributed by atoms with Crippen molar-refractivity contribution in [3.63, 3.8) is 0 Å². The normalized spacial score (nSPS) is 11.8. The molecule has 2 aromatic heterocycles. The first-order chi connectivity index (χ1) is 15.6. The number of carbonyl (C=O) groups is 1. The van der Waals surface area contributed by atoms with Crippen molar-refractivity contribution in [1.82, 2.24) is 19.7 Å². The van der Waals surface area contributed by atoms with Gasteiger partial charge in [0.15, 0.2) is 0 Å². The van der Waals surface area contributed by atoms with Gasteiger partial charge in [-0.2, -0.15) is 5.10 Å². The van der Waals surface area contributed by atoms with Crippen LogP contribution < -0.4 is 21.5 Å². The number of halogens is 1. The number of nitrogen functional groups attached to an aromatic ring is 1. The largest absolute Gasteiger partial charge is 0.493 e. The molecule has 10 nitrogen and oxygen atoms in total. The SMILES string of the molecule is CCOc1c(C(C)Nc2ncnc(N)c2C(C)=N)cc(Cl)c(C)c1-c1cnn(CC(N)=O)c1. The number of nitrogens with zero attached hydrogens (tertiary/aromatic N) is 4. The van der Waals surface area contributed by atoms with Crippen LogP contribution in [0.4, 0.5) is 11.6 Å². The molecule has 0 aliphatic heterocycles. The zero-order valence-corrected chi connectivity index (χ0v) is 19.7. The molecule has 0 saturated carbocycles. The van der Waals surface area contributed by atoms with Crippen LogP contribution in [0.15, 0.2) is 24.8 Å². The number of nitrogens with one attached hydrogen (secondary N) is 2. The van der Waals surface area contributed by atoms with E-state index in [1.54, 1.807) is 19.3 Å². The zero-order valence-electron chi connectivity index (χ0n) is 18.9. The second kappa shape index (κ2) is 9.86. The Kier molecular flexibility index (Phi) is 7.17. The number of anilines is 2. The van der Waals surface area contributed by atoms with E-state index < -0.39 is 5.91 Å². The summed E-state index contributed by atoms with van der Waals surface area (Å²) in [5.41, 5.74) is 15.1. The van der Waals surface area contributed by atoms with Crippen LogP contribution >= 0.6 is 11.6 Å². The van der Waals surface area contributed by atoms with Gasteiger partial charge in [-0.1, -0.05) is 11.6 Å². The third kappa shape index (κ3) is 5.06. The minimum atomic E-state index is -0.488. The summed E-state index contributed by atoms with van der Waals surface area (Å²) in [5.74, 6) is 0.810. The van der Waals surface area contributed by atoms with Crippen LogP contribution in [0.5, 0.6) is 5.75 Å². The first kappa shape index (κ1) is 24.0. The Labute approximate surface area is 196 Å². The van der Waals surface area contributed by atoms with E-state index in [0.717, 1.165) is 22.3 Å². The van der Waals surface area contributed by atoms with E-state index >= 15 is 0 Å². The molecule has 33 heavy (non-hydrogen) atoms. The summed E-state index contributed by atoms with van der Waals surface area (Å²) in [6.07, 6.45) is 4.73. The number of amides is 1. The number of rotatable bonds is 9. The smallest absolute Gasteiger partial charge is 0.239 e. The van der Waals surface area contributed by atoms with Crippen LogP contribution in [0.25, 0.3) is 11.1 Å². The third-order valence-corrected chi connectivity index (χ3v) is 5.50. The molecule has 1 amide bonds. The van der Waals surface area contributed by atoms with Gasteiger partial charge >= 0.3 is 0 Å². The minimum absolute atomic E-state index is 0.0325. The topological polar surface area (TPSA) is 158 Å². The maximum absolute atomic E-state index is 11.3. The fourth-order valence-corrected chi connectivity index (χ4v) is 3.83. The maximum Gasteiger partial charge on any atom is 0.239 e. The van der Waals surface area contributed by atoms with Gasteiger partial charge in [0.05, 0.1) is 24.4 Å². The number of ether oxygens (including phenoxy) is 1. The molecule has 0 aliphatic carbocycles. The summed E-state index contributed by atoms with van der Waals surface area (Å²) in [6.45, 7) is 7.75. The molecule has 0 spiro atoms. The molecule has 3 rings (SSSR count). The van der Waals surface area contributed by atoms with Crippen LogP contribution in [-0.4, -0.2) is 38.0 Å². The highest BCUT2D eigenvalue weighted by atomic mass is 35.5. The highest BCUT2D eigenvalue weighted by Crippen LogP contribution is 2.43. The number of carbonyl (C=O) groups excluding carboxylic acids is 1. The number of primary amides is 1. The predicted molar refractivity (Wildman–Crippen MR) is 129 cm³/mol. The van der Waals surface area contributed by atoms with E-state index in [2.05, 4.69) is 20.4 Å². The molecule has 3 aromatic rings. The van der Waals surface area contributed by atoms with Crippen molar-refractivity contribution in [2.45, 2.75) is 40.3 Å². The van der Waals surface area contributed by atoms with E-state index in [0.29, 0.717) is 28.8 Å². The average Bonchev–Trinajstić information content (AvgIpc) is 3.17. The lowest BCUT2D eigenvalue weighted by atomic mass is 9.95. The van der Waals surface area contributed by atoms with E-state index in [-0.39, 0.29) is 24.1 Å². The Morgan fingerprint density at radius 3 is 2.76 bits per heavy atom. The summed E-state index contributed by atoms with van der Waals surface area (Å²) in [7, 11) is 0. The highest BCUT2D eigenvalue weighted by Gasteiger charge is 2.23. The van der Waals surface area contributed by atoms with Gasteiger partial charge in [-0.3, -0.25) is 9.48 Å². The lowest BCUT2D eigenvalue weighted by Gasteiger charge is -2.24. The number of aromatic nitrogens is 4. The van der Waals surface area contributed by atoms with Crippen LogP contribution in [0.3, 0.4) is 0 Å². The second-order valence-corrected chi connectivity index (χ2v) is 7.98. The summed E-state index contributed by atoms with van der Waals surface area (Å²) in [5, 5.41) is 16.1. The first-order valence-corrected chi connectivity index (χ1v) is 10.7. The van der Waals surface area contributed by atoms with E-state index in [9.17, 15) is 4.79 Å². The van der Waals surface area contributed by atoms with Gasteiger partial charge in [0.1, 0.15) is 30.3 Å². The lowest BCUT2D eigenvalue weighted by Crippen LogP contribution is -2.18. The average molecular weight is 471 g/mol. The fourth-order valence-electron chi connectivity index (χ4n) is 3.61. The molecular weight excluding hydrogens is 444 g/mol. The summed E-state index contributed by atoms with van der Waals surface area (Å²) < 4.78 is 7.55. The zero-order chi connectivity index (χ0) is 24.3. The Morgan fingerprint density at radius 2 is 2.12 bits per heavy atom. The Hall–Kier alpha value is -3.66. The number of hydrogen-bond donors (Lipinski definition) is 4. The molecule has 0 radical (unpaired) electrons. The Bertz CT molecular complexity index is 1210. The molecule has 1 atom stereocenters. The molecule has 1 unspecified atom stereocenters. The molecule has 0 fully saturated rings. The summed E-state index contributed by atoms with van der Waals surface area (Å²) >= 11 is 6.62. The predicted octanol–water partition coefficient (Wildman–Crippen LogP) is 3.33.